The van der Waals surface area contributed by atoms with Gasteiger partial charge in [-0.1, -0.05) is 19.8 Å². The van der Waals surface area contributed by atoms with Gasteiger partial charge in [-0.2, -0.15) is 5.10 Å². The Hall–Kier alpha value is -0.360. The molecule has 0 amide bonds. The second-order valence-electron chi connectivity index (χ2n) is 3.62. The van der Waals surface area contributed by atoms with Crippen molar-refractivity contribution in [2.24, 2.45) is 0 Å². The third kappa shape index (κ3) is 1.20. The molecule has 2 rings (SSSR count). The molecule has 1 aromatic rings. The van der Waals surface area contributed by atoms with E-state index < -0.39 is 0 Å². The quantitative estimate of drug-likeness (QED) is 0.686. The first-order valence-corrected chi connectivity index (χ1v) is 5.07. The zero-order valence-corrected chi connectivity index (χ0v) is 7.69. The van der Waals surface area contributed by atoms with Crippen LogP contribution in [0, 0.1) is 0 Å². The van der Waals surface area contributed by atoms with Crippen molar-refractivity contribution in [1.29, 1.82) is 0 Å². The number of hydrogen-bond donors (Lipinski definition) is 1. The number of hydrogen-bond acceptors (Lipinski definition) is 1. The van der Waals surface area contributed by atoms with Gasteiger partial charge in [-0.25, -0.2) is 0 Å². The normalized spacial score (nSPS) is 23.0. The van der Waals surface area contributed by atoms with E-state index in [-0.39, 0.29) is 0 Å². The van der Waals surface area contributed by atoms with Crippen molar-refractivity contribution in [3.8, 4) is 0 Å². The minimum Gasteiger partial charge on any atom is -0.260 e. The molecule has 60 valence electrons. The molecule has 1 fully saturated rings. The first kappa shape index (κ1) is 7.30. The van der Waals surface area contributed by atoms with Crippen LogP contribution in [0.25, 0.3) is 0 Å². The highest BCUT2D eigenvalue weighted by Crippen LogP contribution is 2.42. The summed E-state index contributed by atoms with van der Waals surface area (Å²) in [5, 5.41) is 5.51. The predicted molar refractivity (Wildman–Crippen MR) is 46.9 cm³/mol. The van der Waals surface area contributed by atoms with E-state index in [2.05, 4.69) is 16.9 Å². The maximum atomic E-state index is 4.03. The molecule has 1 aliphatic carbocycles. The number of rotatable bonds is 1. The van der Waals surface area contributed by atoms with Gasteiger partial charge < -0.3 is 0 Å². The minimum atomic E-state index is 0.467. The third-order valence-electron chi connectivity index (χ3n) is 2.74. The van der Waals surface area contributed by atoms with E-state index in [1.54, 1.807) is 0 Å². The predicted octanol–water partition coefficient (Wildman–Crippen LogP) is 2.82. The summed E-state index contributed by atoms with van der Waals surface area (Å²) >= 11 is 0. The number of H-pyrrole nitrogens is 1. The Bertz CT molecular complexity index is 224. The Labute approximate surface area is 68.6 Å². The fourth-order valence-corrected chi connectivity index (χ4v) is 2.74. The van der Waals surface area contributed by atoms with Crippen LogP contribution < -0.4 is 0 Å². The molecule has 1 aromatic heterocycles. The zero-order chi connectivity index (χ0) is 7.73. The smallest absolute Gasteiger partial charge is 0.0573 e. The first-order chi connectivity index (χ1) is 5.31. The summed E-state index contributed by atoms with van der Waals surface area (Å²) < 4.78 is 0. The number of aromatic nitrogens is 2. The minimum absolute atomic E-state index is 0.467. The number of aromatic amines is 1. The monoisotopic (exact) mass is 168 g/mol. The molecule has 0 unspecified atom stereocenters. The molecule has 1 aliphatic rings. The van der Waals surface area contributed by atoms with Crippen molar-refractivity contribution in [3.05, 3.63) is 11.5 Å². The molecular formula is C8H13N2P. The van der Waals surface area contributed by atoms with Crippen molar-refractivity contribution < 1.29 is 0 Å². The summed E-state index contributed by atoms with van der Waals surface area (Å²) in [6, 6.07) is 0. The molecule has 0 aromatic carbocycles. The van der Waals surface area contributed by atoms with Crippen LogP contribution in [0.4, 0.5) is 0 Å². The van der Waals surface area contributed by atoms with Gasteiger partial charge in [-0.3, -0.25) is 4.86 Å². The van der Waals surface area contributed by atoms with Gasteiger partial charge in [-0.15, -0.1) is 0 Å². The van der Waals surface area contributed by atoms with E-state index in [1.807, 2.05) is 6.20 Å². The lowest BCUT2D eigenvalue weighted by Crippen LogP contribution is -2.13. The number of nitrogens with one attached hydrogen (secondary N) is 1. The fraction of sp³-hybridized carbons (Fsp3) is 0.750. The van der Waals surface area contributed by atoms with Gasteiger partial charge in [0.25, 0.3) is 0 Å². The SMILES string of the molecule is CC1(c2cn[nH]p2)CCCC1. The van der Waals surface area contributed by atoms with Gasteiger partial charge in [0.2, 0.25) is 0 Å². The summed E-state index contributed by atoms with van der Waals surface area (Å²) in [4.78, 5) is 2.98. The van der Waals surface area contributed by atoms with Crippen molar-refractivity contribution >= 4 is 8.35 Å². The van der Waals surface area contributed by atoms with Crippen molar-refractivity contribution in [1.82, 2.24) is 9.96 Å². The Balaban J connectivity index is 2.27. The molecule has 3 heteroatoms. The van der Waals surface area contributed by atoms with Crippen LogP contribution in [0.1, 0.15) is 37.9 Å². The second kappa shape index (κ2) is 2.60. The maximum absolute atomic E-state index is 4.03. The molecule has 0 radical (unpaired) electrons. The van der Waals surface area contributed by atoms with E-state index in [4.69, 9.17) is 0 Å². The van der Waals surface area contributed by atoms with E-state index in [1.165, 1.54) is 39.3 Å². The van der Waals surface area contributed by atoms with E-state index in [9.17, 15) is 0 Å². The van der Waals surface area contributed by atoms with Gasteiger partial charge in [0, 0.05) is 13.6 Å². The lowest BCUT2D eigenvalue weighted by Gasteiger charge is -2.20. The lowest BCUT2D eigenvalue weighted by molar-refractivity contribution is 0.501. The molecule has 1 heterocycles. The van der Waals surface area contributed by atoms with Crippen molar-refractivity contribution in [2.45, 2.75) is 38.0 Å². The van der Waals surface area contributed by atoms with Crippen LogP contribution in [0.2, 0.25) is 0 Å². The number of nitrogens with zero attached hydrogens (tertiary/aromatic N) is 1. The average molecular weight is 168 g/mol. The van der Waals surface area contributed by atoms with Crippen LogP contribution in [0.5, 0.6) is 0 Å². The Morgan fingerprint density at radius 3 is 2.82 bits per heavy atom. The van der Waals surface area contributed by atoms with Crippen LogP contribution in [-0.4, -0.2) is 9.96 Å². The zero-order valence-electron chi connectivity index (χ0n) is 6.80. The summed E-state index contributed by atoms with van der Waals surface area (Å²) in [6.07, 6.45) is 7.49. The fourth-order valence-electron chi connectivity index (χ4n) is 1.90. The van der Waals surface area contributed by atoms with E-state index in [0.29, 0.717) is 5.41 Å². The van der Waals surface area contributed by atoms with E-state index in [0.717, 1.165) is 0 Å². The van der Waals surface area contributed by atoms with Crippen LogP contribution in [-0.2, 0) is 5.41 Å². The molecule has 0 aliphatic heterocycles. The molecule has 0 bridgehead atoms. The highest BCUT2D eigenvalue weighted by molar-refractivity contribution is 7.26. The van der Waals surface area contributed by atoms with Gasteiger partial charge >= 0.3 is 0 Å². The summed E-state index contributed by atoms with van der Waals surface area (Å²) in [5.41, 5.74) is 0.467. The van der Waals surface area contributed by atoms with Crippen molar-refractivity contribution in [3.63, 3.8) is 0 Å². The second-order valence-corrected chi connectivity index (χ2v) is 4.53. The molecule has 0 saturated heterocycles. The van der Waals surface area contributed by atoms with Gasteiger partial charge in [-0.05, 0) is 18.3 Å². The van der Waals surface area contributed by atoms with Gasteiger partial charge in [0.15, 0.2) is 0 Å². The standard InChI is InChI=1S/C8H13N2P/c1-8(4-2-3-5-8)7-6-9-10-11-7/h6H,2-5H2,1H3,(H,9,10). The van der Waals surface area contributed by atoms with E-state index >= 15 is 0 Å². The highest BCUT2D eigenvalue weighted by Gasteiger charge is 2.31. The highest BCUT2D eigenvalue weighted by atomic mass is 31.0. The topological polar surface area (TPSA) is 28.7 Å². The molecule has 0 atom stereocenters. The Kier molecular flexibility index (Phi) is 1.72. The van der Waals surface area contributed by atoms with Crippen LogP contribution >= 0.6 is 8.35 Å². The summed E-state index contributed by atoms with van der Waals surface area (Å²) in [5.74, 6) is 0. The van der Waals surface area contributed by atoms with Crippen LogP contribution in [0.15, 0.2) is 6.20 Å². The third-order valence-corrected chi connectivity index (χ3v) is 3.85. The van der Waals surface area contributed by atoms with Gasteiger partial charge in [0.1, 0.15) is 0 Å². The summed E-state index contributed by atoms with van der Waals surface area (Å²) in [7, 11) is 1.22. The summed E-state index contributed by atoms with van der Waals surface area (Å²) in [6.45, 7) is 2.36. The Morgan fingerprint density at radius 1 is 1.55 bits per heavy atom. The maximum Gasteiger partial charge on any atom is 0.0573 e. The molecule has 1 saturated carbocycles. The van der Waals surface area contributed by atoms with Crippen LogP contribution in [0.3, 0.4) is 0 Å². The van der Waals surface area contributed by atoms with Gasteiger partial charge in [0.05, 0.1) is 6.20 Å². The first-order valence-electron chi connectivity index (χ1n) is 4.17. The average Bonchev–Trinajstić information content (AvgIpc) is 2.55. The molecule has 11 heavy (non-hydrogen) atoms. The lowest BCUT2D eigenvalue weighted by atomic mass is 9.88. The molecule has 1 N–H and O–H groups in total. The molecule has 0 spiro atoms. The van der Waals surface area contributed by atoms with Crippen molar-refractivity contribution in [2.75, 3.05) is 0 Å². The molecular weight excluding hydrogens is 155 g/mol. The Morgan fingerprint density at radius 2 is 2.27 bits per heavy atom. The largest absolute Gasteiger partial charge is 0.260 e. The molecule has 2 nitrogen and oxygen atoms in total.